The minimum Gasteiger partial charge on any atom is -0.124 e. The molecule has 0 nitrogen and oxygen atoms in total. The summed E-state index contributed by atoms with van der Waals surface area (Å²) in [5.41, 5.74) is 4.19. The Bertz CT molecular complexity index is 1580. The SMILES string of the molecule is C(#Cc1ccc2c(c1)sc1sc3cc(C#Cc4ccccc4)ccc3c12)c1ccccc1. The van der Waals surface area contributed by atoms with E-state index >= 15 is 0 Å². The minimum absolute atomic E-state index is 1.04. The number of fused-ring (bicyclic) bond motifs is 5. The zero-order chi connectivity index (χ0) is 21.3. The molecule has 2 heterocycles. The molecule has 0 N–H and O–H groups in total. The number of hydrogen-bond acceptors (Lipinski definition) is 2. The van der Waals surface area contributed by atoms with E-state index < -0.39 is 0 Å². The van der Waals surface area contributed by atoms with Crippen LogP contribution in [0.15, 0.2) is 97.1 Å². The van der Waals surface area contributed by atoms with Gasteiger partial charge in [0.25, 0.3) is 0 Å². The highest BCUT2D eigenvalue weighted by molar-refractivity contribution is 7.44. The standard InChI is InChI=1S/C30H16S2/c1-3-7-21(8-4-1)11-13-23-15-17-25-27(19-23)31-30-29(25)26-18-16-24(20-28(26)32-30)14-12-22-9-5-2-6-10-22/h1-10,15-20H. The van der Waals surface area contributed by atoms with Gasteiger partial charge in [-0.15, -0.1) is 22.7 Å². The Labute approximate surface area is 194 Å². The average molecular weight is 441 g/mol. The van der Waals surface area contributed by atoms with Gasteiger partial charge in [-0.2, -0.15) is 0 Å². The van der Waals surface area contributed by atoms with Crippen molar-refractivity contribution in [2.24, 2.45) is 0 Å². The van der Waals surface area contributed by atoms with Crippen LogP contribution in [0.5, 0.6) is 0 Å². The van der Waals surface area contributed by atoms with Gasteiger partial charge in [-0.25, -0.2) is 0 Å². The van der Waals surface area contributed by atoms with Crippen LogP contribution >= 0.6 is 22.7 Å². The molecule has 0 saturated carbocycles. The Morgan fingerprint density at radius 2 is 0.875 bits per heavy atom. The van der Waals surface area contributed by atoms with Gasteiger partial charge >= 0.3 is 0 Å². The lowest BCUT2D eigenvalue weighted by Crippen LogP contribution is -1.76. The van der Waals surface area contributed by atoms with Crippen LogP contribution in [-0.2, 0) is 0 Å². The molecule has 0 aliphatic rings. The zero-order valence-corrected chi connectivity index (χ0v) is 18.7. The minimum atomic E-state index is 1.04. The maximum Gasteiger partial charge on any atom is 0.0890 e. The fourth-order valence-electron chi connectivity index (χ4n) is 3.80. The van der Waals surface area contributed by atoms with Crippen molar-refractivity contribution in [3.63, 3.8) is 0 Å². The summed E-state index contributed by atoms with van der Waals surface area (Å²) in [5, 5.41) is 3.98. The fourth-order valence-corrected chi connectivity index (χ4v) is 6.48. The average Bonchev–Trinajstić information content (AvgIpc) is 3.37. The Hall–Kier alpha value is -3.82. The molecule has 0 bridgehead atoms. The molecule has 0 spiro atoms. The van der Waals surface area contributed by atoms with Gasteiger partial charge in [0.1, 0.15) is 0 Å². The molecule has 6 rings (SSSR count). The second kappa shape index (κ2) is 8.03. The number of hydrogen-bond donors (Lipinski definition) is 0. The van der Waals surface area contributed by atoms with Crippen molar-refractivity contribution in [1.82, 2.24) is 0 Å². The lowest BCUT2D eigenvalue weighted by Gasteiger charge is -1.96. The van der Waals surface area contributed by atoms with Gasteiger partial charge in [-0.3, -0.25) is 0 Å². The molecule has 0 saturated heterocycles. The van der Waals surface area contributed by atoms with Crippen molar-refractivity contribution in [3.05, 3.63) is 119 Å². The van der Waals surface area contributed by atoms with E-state index in [0.29, 0.717) is 0 Å². The van der Waals surface area contributed by atoms with Crippen molar-refractivity contribution in [1.29, 1.82) is 0 Å². The van der Waals surface area contributed by atoms with Crippen LogP contribution in [0.4, 0.5) is 0 Å². The molecule has 0 unspecified atom stereocenters. The Balaban J connectivity index is 1.38. The van der Waals surface area contributed by atoms with Gasteiger partial charge < -0.3 is 0 Å². The summed E-state index contributed by atoms with van der Waals surface area (Å²) in [4.78, 5) is 0. The highest BCUT2D eigenvalue weighted by Gasteiger charge is 2.12. The molecule has 6 aromatic rings. The summed E-state index contributed by atoms with van der Waals surface area (Å²) >= 11 is 3.71. The molecule has 0 aliphatic carbocycles. The van der Waals surface area contributed by atoms with Crippen LogP contribution < -0.4 is 0 Å². The molecule has 0 aliphatic heterocycles. The van der Waals surface area contributed by atoms with Crippen LogP contribution in [0.2, 0.25) is 0 Å². The van der Waals surface area contributed by atoms with Crippen molar-refractivity contribution in [2.75, 3.05) is 0 Å². The van der Waals surface area contributed by atoms with Gasteiger partial charge in [-0.05, 0) is 48.5 Å². The molecule has 0 fully saturated rings. The van der Waals surface area contributed by atoms with Crippen LogP contribution in [0.25, 0.3) is 29.6 Å². The maximum atomic E-state index is 3.31. The Morgan fingerprint density at radius 3 is 1.34 bits per heavy atom. The van der Waals surface area contributed by atoms with Crippen molar-refractivity contribution in [2.45, 2.75) is 0 Å². The Morgan fingerprint density at radius 1 is 0.438 bits per heavy atom. The van der Waals surface area contributed by atoms with Gasteiger partial charge in [0.15, 0.2) is 0 Å². The number of thiophene rings is 2. The monoisotopic (exact) mass is 440 g/mol. The quantitative estimate of drug-likeness (QED) is 0.210. The first-order valence-corrected chi connectivity index (χ1v) is 12.0. The molecular formula is C30H16S2. The van der Waals surface area contributed by atoms with E-state index in [0.717, 1.165) is 22.3 Å². The van der Waals surface area contributed by atoms with Gasteiger partial charge in [-0.1, -0.05) is 72.2 Å². The molecule has 0 radical (unpaired) electrons. The van der Waals surface area contributed by atoms with Gasteiger partial charge in [0.05, 0.1) is 4.01 Å². The summed E-state index contributed by atoms with van der Waals surface area (Å²) in [6, 6.07) is 33.4. The summed E-state index contributed by atoms with van der Waals surface area (Å²) in [5.74, 6) is 13.1. The highest BCUT2D eigenvalue weighted by atomic mass is 32.2. The normalized spacial score (nSPS) is 10.6. The van der Waals surface area contributed by atoms with Crippen LogP contribution in [-0.4, -0.2) is 0 Å². The predicted octanol–water partition coefficient (Wildman–Crippen LogP) is 8.07. The highest BCUT2D eigenvalue weighted by Crippen LogP contribution is 2.44. The van der Waals surface area contributed by atoms with E-state index in [2.05, 4.69) is 60.1 Å². The summed E-state index contributed by atoms with van der Waals surface area (Å²) in [6.07, 6.45) is 0. The zero-order valence-electron chi connectivity index (χ0n) is 17.1. The molecule has 32 heavy (non-hydrogen) atoms. The fraction of sp³-hybridized carbons (Fsp3) is 0. The lowest BCUT2D eigenvalue weighted by molar-refractivity contribution is 1.64. The first-order valence-electron chi connectivity index (χ1n) is 10.4. The summed E-state index contributed by atoms with van der Waals surface area (Å²) < 4.78 is 3.94. The van der Waals surface area contributed by atoms with Crippen LogP contribution in [0, 0.1) is 23.7 Å². The van der Waals surface area contributed by atoms with Crippen molar-refractivity contribution in [3.8, 4) is 23.7 Å². The third-order valence-corrected chi connectivity index (χ3v) is 7.76. The van der Waals surface area contributed by atoms with E-state index in [9.17, 15) is 0 Å². The first-order chi connectivity index (χ1) is 15.8. The molecule has 148 valence electrons. The molecule has 0 atom stereocenters. The van der Waals surface area contributed by atoms with Crippen LogP contribution in [0.3, 0.4) is 0 Å². The third-order valence-electron chi connectivity index (χ3n) is 5.36. The van der Waals surface area contributed by atoms with E-state index in [1.165, 1.54) is 29.6 Å². The molecule has 4 aromatic carbocycles. The smallest absolute Gasteiger partial charge is 0.0890 e. The summed E-state index contributed by atoms with van der Waals surface area (Å²) in [7, 11) is 0. The first kappa shape index (κ1) is 18.9. The van der Waals surface area contributed by atoms with E-state index in [1.807, 2.05) is 83.3 Å². The van der Waals surface area contributed by atoms with Crippen molar-refractivity contribution >= 4 is 52.2 Å². The third kappa shape index (κ3) is 3.57. The largest absolute Gasteiger partial charge is 0.124 e. The van der Waals surface area contributed by atoms with Crippen LogP contribution in [0.1, 0.15) is 22.3 Å². The summed E-state index contributed by atoms with van der Waals surface area (Å²) in [6.45, 7) is 0. The van der Waals surface area contributed by atoms with Gasteiger partial charge in [0.2, 0.25) is 0 Å². The second-order valence-corrected chi connectivity index (χ2v) is 9.88. The topological polar surface area (TPSA) is 0 Å². The molecule has 0 amide bonds. The van der Waals surface area contributed by atoms with E-state index in [-0.39, 0.29) is 0 Å². The maximum absolute atomic E-state index is 3.31. The molecule has 2 heteroatoms. The van der Waals surface area contributed by atoms with Crippen molar-refractivity contribution < 1.29 is 0 Å². The second-order valence-electron chi connectivity index (χ2n) is 7.52. The van der Waals surface area contributed by atoms with E-state index in [1.54, 1.807) is 0 Å². The number of rotatable bonds is 0. The number of benzene rings is 4. The molecule has 2 aromatic heterocycles. The van der Waals surface area contributed by atoms with Gasteiger partial charge in [0, 0.05) is 47.8 Å². The predicted molar refractivity (Wildman–Crippen MR) is 140 cm³/mol. The Kier molecular flexibility index (Phi) is 4.74. The lowest BCUT2D eigenvalue weighted by atomic mass is 10.1. The molecular weight excluding hydrogens is 424 g/mol. The van der Waals surface area contributed by atoms with E-state index in [4.69, 9.17) is 0 Å².